The number of halogens is 1. The summed E-state index contributed by atoms with van der Waals surface area (Å²) in [6, 6.07) is 30.1. The van der Waals surface area contributed by atoms with Gasteiger partial charge in [0, 0.05) is 63.5 Å². The van der Waals surface area contributed by atoms with Crippen molar-refractivity contribution in [3.05, 3.63) is 132 Å². The molecule has 308 valence electrons. The first-order valence-corrected chi connectivity index (χ1v) is 18.4. The van der Waals surface area contributed by atoms with Crippen molar-refractivity contribution in [2.24, 2.45) is 0 Å². The first kappa shape index (κ1) is 44.8. The van der Waals surface area contributed by atoms with Crippen molar-refractivity contribution < 1.29 is 38.4 Å². The smallest absolute Gasteiger partial charge is 0.414 e. The number of carbonyl (C=O) groups excluding carboxylic acids is 2. The molecule has 0 aliphatic rings. The van der Waals surface area contributed by atoms with Crippen LogP contribution in [-0.4, -0.2) is 103 Å². The predicted molar refractivity (Wildman–Crippen MR) is 226 cm³/mol. The number of phenolic OH excluding ortho intramolecular Hbond substituents is 1. The maximum absolute atomic E-state index is 11.9. The van der Waals surface area contributed by atoms with E-state index < -0.39 is 11.5 Å². The molecule has 0 atom stereocenters. The normalized spacial score (nSPS) is 10.1. The number of benzene rings is 4. The summed E-state index contributed by atoms with van der Waals surface area (Å²) in [4.78, 5) is 41.8. The fraction of sp³-hybridized carbons (Fsp3) is 0.227. The first-order chi connectivity index (χ1) is 28.4. The Balaban J connectivity index is 0.000000232. The van der Waals surface area contributed by atoms with Crippen LogP contribution in [0.1, 0.15) is 22.5 Å². The Kier molecular flexibility index (Phi) is 16.8. The number of phenols is 1. The third-order valence-electron chi connectivity index (χ3n) is 8.37. The molecule has 59 heavy (non-hydrogen) atoms. The molecule has 0 aliphatic heterocycles. The highest BCUT2D eigenvalue weighted by molar-refractivity contribution is 6.62. The lowest BCUT2D eigenvalue weighted by molar-refractivity contribution is 0.170. The molecule has 15 heteroatoms. The van der Waals surface area contributed by atoms with E-state index in [1.54, 1.807) is 73.0 Å². The van der Waals surface area contributed by atoms with Crippen LogP contribution < -0.4 is 23.7 Å². The van der Waals surface area contributed by atoms with Crippen LogP contribution in [0.15, 0.2) is 110 Å². The van der Waals surface area contributed by atoms with Crippen molar-refractivity contribution in [3.8, 4) is 57.0 Å². The lowest BCUT2D eigenvalue weighted by atomic mass is 10.1. The number of aromatic nitrogens is 4. The van der Waals surface area contributed by atoms with E-state index in [0.717, 1.165) is 56.5 Å². The molecule has 14 nitrogen and oxygen atoms in total. The first-order valence-electron chi connectivity index (χ1n) is 18.0. The maximum Gasteiger partial charge on any atom is 0.414 e. The van der Waals surface area contributed by atoms with Gasteiger partial charge in [0.25, 0.3) is 0 Å². The second kappa shape index (κ2) is 22.1. The standard InChI is InChI=1S/C22H23N3O4.C19H18N2O3.C3H6ClNO/c1-25(2)22(26)29-21-12-15(9-10-20(21)28-4)11-16-13-18(24-14-23-16)17-7-5-6-8-19(17)27-3;1-23-18-6-4-3-5-15(18)16-11-14(20-12-21-16)9-13-7-8-19(24-2)17(22)10-13;1-5(2)3(4)6/h5-10,12-14H,11H2,1-4H3;3-8,10-12,22H,9H2,1-2H3;1-2H3. The molecule has 2 heterocycles. The highest BCUT2D eigenvalue weighted by atomic mass is 35.5. The van der Waals surface area contributed by atoms with Gasteiger partial charge in [-0.3, -0.25) is 4.79 Å². The maximum atomic E-state index is 11.9. The van der Waals surface area contributed by atoms with Crippen molar-refractivity contribution in [1.29, 1.82) is 0 Å². The number of hydrogen-bond acceptors (Lipinski definition) is 12. The molecule has 0 bridgehead atoms. The van der Waals surface area contributed by atoms with Crippen molar-refractivity contribution in [3.63, 3.8) is 0 Å². The van der Waals surface area contributed by atoms with E-state index in [0.29, 0.717) is 30.1 Å². The average Bonchev–Trinajstić information content (AvgIpc) is 3.24. The number of amides is 2. The molecule has 6 aromatic rings. The number of nitrogens with zero attached hydrogens (tertiary/aromatic N) is 6. The summed E-state index contributed by atoms with van der Waals surface area (Å²) in [5.74, 6) is 2.94. The van der Waals surface area contributed by atoms with Gasteiger partial charge in [-0.15, -0.1) is 0 Å². The quantitative estimate of drug-likeness (QED) is 0.0989. The van der Waals surface area contributed by atoms with Crippen molar-refractivity contribution in [2.75, 3.05) is 56.6 Å². The predicted octanol–water partition coefficient (Wildman–Crippen LogP) is 8.18. The van der Waals surface area contributed by atoms with Crippen molar-refractivity contribution in [2.45, 2.75) is 12.8 Å². The van der Waals surface area contributed by atoms with E-state index in [1.807, 2.05) is 72.8 Å². The average molecular weight is 823 g/mol. The van der Waals surface area contributed by atoms with Gasteiger partial charge in [0.15, 0.2) is 23.0 Å². The lowest BCUT2D eigenvalue weighted by Gasteiger charge is -2.14. The third kappa shape index (κ3) is 13.1. The topological polar surface area (TPSA) is 159 Å². The highest BCUT2D eigenvalue weighted by Gasteiger charge is 2.14. The number of hydrogen-bond donors (Lipinski definition) is 1. The van der Waals surface area contributed by atoms with E-state index in [4.69, 9.17) is 35.3 Å². The van der Waals surface area contributed by atoms with Crippen LogP contribution in [0.3, 0.4) is 0 Å². The van der Waals surface area contributed by atoms with Gasteiger partial charge in [-0.1, -0.05) is 36.4 Å². The molecule has 0 unspecified atom stereocenters. The fourth-order valence-corrected chi connectivity index (χ4v) is 5.36. The van der Waals surface area contributed by atoms with Crippen LogP contribution >= 0.6 is 11.6 Å². The lowest BCUT2D eigenvalue weighted by Crippen LogP contribution is -2.25. The molecule has 0 spiro atoms. The van der Waals surface area contributed by atoms with Crippen LogP contribution in [0.25, 0.3) is 22.5 Å². The molecular formula is C44H47ClN6O8. The second-order valence-corrected chi connectivity index (χ2v) is 13.3. The largest absolute Gasteiger partial charge is 0.504 e. The summed E-state index contributed by atoms with van der Waals surface area (Å²) in [5.41, 5.74) is 6.95. The molecule has 0 saturated heterocycles. The number of methoxy groups -OCH3 is 4. The molecule has 6 rings (SSSR count). The van der Waals surface area contributed by atoms with Crippen LogP contribution in [-0.2, 0) is 12.8 Å². The zero-order chi connectivity index (χ0) is 42.9. The Bertz CT molecular complexity index is 2320. The minimum absolute atomic E-state index is 0.119. The summed E-state index contributed by atoms with van der Waals surface area (Å²) >= 11 is 4.90. The zero-order valence-electron chi connectivity index (χ0n) is 34.2. The van der Waals surface area contributed by atoms with Crippen molar-refractivity contribution >= 4 is 23.1 Å². The Morgan fingerprint density at radius 1 is 0.559 bits per heavy atom. The van der Waals surface area contributed by atoms with Crippen LogP contribution in [0, 0.1) is 0 Å². The molecule has 0 aliphatic carbocycles. The molecule has 2 amide bonds. The molecule has 1 N–H and O–H groups in total. The van der Waals surface area contributed by atoms with Gasteiger partial charge in [0.2, 0.25) is 0 Å². The number of aromatic hydroxyl groups is 1. The van der Waals surface area contributed by atoms with Gasteiger partial charge in [0.1, 0.15) is 24.2 Å². The summed E-state index contributed by atoms with van der Waals surface area (Å²) in [6.07, 6.45) is 3.73. The van der Waals surface area contributed by atoms with Crippen LogP contribution in [0.2, 0.25) is 0 Å². The Morgan fingerprint density at radius 3 is 1.42 bits per heavy atom. The van der Waals surface area contributed by atoms with Gasteiger partial charge in [-0.05, 0) is 83.4 Å². The Morgan fingerprint density at radius 2 is 1.00 bits per heavy atom. The molecule has 4 aromatic carbocycles. The van der Waals surface area contributed by atoms with Gasteiger partial charge >= 0.3 is 11.5 Å². The molecule has 0 radical (unpaired) electrons. The third-order valence-corrected chi connectivity index (χ3v) is 8.71. The Hall–Kier alpha value is -6.93. The minimum atomic E-state index is -0.471. The number of carbonyl (C=O) groups is 2. The minimum Gasteiger partial charge on any atom is -0.504 e. The highest BCUT2D eigenvalue weighted by Crippen LogP contribution is 2.32. The van der Waals surface area contributed by atoms with E-state index in [-0.39, 0.29) is 5.75 Å². The Labute approximate surface area is 348 Å². The van der Waals surface area contributed by atoms with E-state index >= 15 is 0 Å². The molecule has 2 aromatic heterocycles. The molecule has 0 fully saturated rings. The van der Waals surface area contributed by atoms with Gasteiger partial charge in [0.05, 0.1) is 39.8 Å². The van der Waals surface area contributed by atoms with E-state index in [9.17, 15) is 14.7 Å². The monoisotopic (exact) mass is 822 g/mol. The van der Waals surface area contributed by atoms with Gasteiger partial charge < -0.3 is 38.6 Å². The number of rotatable bonds is 11. The molecular weight excluding hydrogens is 776 g/mol. The van der Waals surface area contributed by atoms with Crippen molar-refractivity contribution in [1.82, 2.24) is 29.7 Å². The van der Waals surface area contributed by atoms with E-state index in [2.05, 4.69) is 19.9 Å². The molecule has 0 saturated carbocycles. The van der Waals surface area contributed by atoms with Gasteiger partial charge in [-0.25, -0.2) is 24.7 Å². The number of ether oxygens (including phenoxy) is 5. The van der Waals surface area contributed by atoms with Gasteiger partial charge in [-0.2, -0.15) is 0 Å². The summed E-state index contributed by atoms with van der Waals surface area (Å²) in [6.45, 7) is 0. The summed E-state index contributed by atoms with van der Waals surface area (Å²) in [5, 5.41) is 9.46. The second-order valence-electron chi connectivity index (χ2n) is 12.9. The summed E-state index contributed by atoms with van der Waals surface area (Å²) < 4.78 is 26.6. The SMILES string of the molecule is CN(C)C(=O)Cl.COc1ccc(Cc2cc(-c3ccccc3OC)ncn2)cc1O.COc1ccc(Cc2cc(-c3ccccc3OC)ncn2)cc1OC(=O)N(C)C. The van der Waals surface area contributed by atoms with E-state index in [1.165, 1.54) is 30.3 Å². The zero-order valence-corrected chi connectivity index (χ0v) is 34.9. The van der Waals surface area contributed by atoms with Crippen LogP contribution in [0.4, 0.5) is 9.59 Å². The number of para-hydroxylation sites is 2. The fourth-order valence-electron chi connectivity index (χ4n) is 5.36. The summed E-state index contributed by atoms with van der Waals surface area (Å²) in [7, 11) is 12.8. The van der Waals surface area contributed by atoms with Crippen LogP contribution in [0.5, 0.6) is 34.5 Å².